The summed E-state index contributed by atoms with van der Waals surface area (Å²) in [5.41, 5.74) is 1.82. The quantitative estimate of drug-likeness (QED) is 0.537. The fraction of sp³-hybridized carbons (Fsp3) is 0.481. The predicted molar refractivity (Wildman–Crippen MR) is 131 cm³/mol. The first-order valence-electron chi connectivity index (χ1n) is 12.4. The Bertz CT molecular complexity index is 870. The Balaban J connectivity index is 1.42. The highest BCUT2D eigenvalue weighted by atomic mass is 16.6. The number of aliphatic hydroxyl groups is 1. The molecule has 0 saturated carbocycles. The third-order valence-corrected chi connectivity index (χ3v) is 6.12. The van der Waals surface area contributed by atoms with Crippen molar-refractivity contribution in [2.75, 3.05) is 39.5 Å². The molecule has 9 heteroatoms. The van der Waals surface area contributed by atoms with Gasteiger partial charge in [-0.1, -0.05) is 60.7 Å². The maximum Gasteiger partial charge on any atom is 0.410 e. The second-order valence-corrected chi connectivity index (χ2v) is 9.12. The molecule has 0 unspecified atom stereocenters. The highest BCUT2D eigenvalue weighted by Gasteiger charge is 2.29. The van der Waals surface area contributed by atoms with E-state index < -0.39 is 18.3 Å². The predicted octanol–water partition coefficient (Wildman–Crippen LogP) is 3.20. The van der Waals surface area contributed by atoms with Crippen molar-refractivity contribution in [3.8, 4) is 0 Å². The molecule has 2 aliphatic heterocycles. The summed E-state index contributed by atoms with van der Waals surface area (Å²) in [7, 11) is 0. The molecule has 1 N–H and O–H groups in total. The molecule has 2 aromatic carbocycles. The summed E-state index contributed by atoms with van der Waals surface area (Å²) < 4.78 is 21.9. The normalized spacial score (nSPS) is 19.3. The van der Waals surface area contributed by atoms with E-state index in [2.05, 4.69) is 0 Å². The summed E-state index contributed by atoms with van der Waals surface area (Å²) in [6, 6.07) is 19.0. The van der Waals surface area contributed by atoms with Gasteiger partial charge in [0.1, 0.15) is 12.2 Å². The molecule has 0 aliphatic carbocycles. The van der Waals surface area contributed by atoms with Crippen molar-refractivity contribution >= 4 is 12.2 Å². The van der Waals surface area contributed by atoms with Crippen molar-refractivity contribution in [2.24, 2.45) is 0 Å². The zero-order chi connectivity index (χ0) is 25.2. The number of ether oxygens (including phenoxy) is 4. The first-order valence-corrected chi connectivity index (χ1v) is 12.4. The van der Waals surface area contributed by atoms with Crippen LogP contribution in [-0.4, -0.2) is 84.9 Å². The van der Waals surface area contributed by atoms with Gasteiger partial charge in [-0.3, -0.25) is 0 Å². The molecule has 2 saturated heterocycles. The Morgan fingerprint density at radius 3 is 1.56 bits per heavy atom. The number of hydrogen-bond acceptors (Lipinski definition) is 7. The Morgan fingerprint density at radius 1 is 0.778 bits per heavy atom. The smallest absolute Gasteiger partial charge is 0.410 e. The van der Waals surface area contributed by atoms with Crippen LogP contribution in [-0.2, 0) is 32.0 Å². The average Bonchev–Trinajstić information content (AvgIpc) is 3.59. The van der Waals surface area contributed by atoms with E-state index >= 15 is 0 Å². The summed E-state index contributed by atoms with van der Waals surface area (Å²) in [4.78, 5) is 28.9. The number of aliphatic hydroxyl groups excluding tert-OH is 1. The zero-order valence-corrected chi connectivity index (χ0v) is 20.4. The van der Waals surface area contributed by atoms with Gasteiger partial charge in [0.25, 0.3) is 0 Å². The van der Waals surface area contributed by atoms with Gasteiger partial charge in [0.15, 0.2) is 0 Å². The van der Waals surface area contributed by atoms with Crippen molar-refractivity contribution < 1.29 is 33.6 Å². The van der Waals surface area contributed by atoms with Crippen LogP contribution in [0, 0.1) is 0 Å². The number of carbonyl (C=O) groups excluding carboxylic acids is 2. The summed E-state index contributed by atoms with van der Waals surface area (Å²) in [6.45, 7) is 2.38. The van der Waals surface area contributed by atoms with Crippen LogP contribution in [0.2, 0.25) is 0 Å². The molecule has 194 valence electrons. The van der Waals surface area contributed by atoms with Crippen LogP contribution < -0.4 is 0 Å². The maximum atomic E-state index is 13.0. The molecule has 0 aromatic heterocycles. The first kappa shape index (κ1) is 25.9. The van der Waals surface area contributed by atoms with E-state index in [0.717, 1.165) is 11.1 Å². The number of carbonyl (C=O) groups is 2. The number of hydrogen-bond donors (Lipinski definition) is 1. The van der Waals surface area contributed by atoms with E-state index in [9.17, 15) is 14.7 Å². The molecule has 0 spiro atoms. The van der Waals surface area contributed by atoms with Crippen molar-refractivity contribution in [1.29, 1.82) is 0 Å². The van der Waals surface area contributed by atoms with E-state index in [1.54, 1.807) is 0 Å². The Labute approximate surface area is 211 Å². The van der Waals surface area contributed by atoms with Crippen molar-refractivity contribution in [3.05, 3.63) is 71.8 Å². The molecular formula is C27H34N2O7. The third-order valence-electron chi connectivity index (χ3n) is 6.12. The van der Waals surface area contributed by atoms with E-state index in [1.807, 2.05) is 60.7 Å². The van der Waals surface area contributed by atoms with Crippen LogP contribution in [0.25, 0.3) is 0 Å². The summed E-state index contributed by atoms with van der Waals surface area (Å²) in [5, 5.41) is 11.0. The van der Waals surface area contributed by atoms with Crippen LogP contribution >= 0.6 is 0 Å². The van der Waals surface area contributed by atoms with Crippen molar-refractivity contribution in [3.63, 3.8) is 0 Å². The summed E-state index contributed by atoms with van der Waals surface area (Å²) in [5.74, 6) is 0. The molecule has 2 fully saturated rings. The average molecular weight is 499 g/mol. The van der Waals surface area contributed by atoms with Crippen LogP contribution in [0.1, 0.15) is 24.0 Å². The number of amides is 2. The molecule has 2 heterocycles. The van der Waals surface area contributed by atoms with Crippen LogP contribution in [0.5, 0.6) is 0 Å². The topological polar surface area (TPSA) is 97.8 Å². The molecule has 2 amide bonds. The van der Waals surface area contributed by atoms with Gasteiger partial charge in [0.05, 0.1) is 45.6 Å². The van der Waals surface area contributed by atoms with Gasteiger partial charge in [0, 0.05) is 25.9 Å². The van der Waals surface area contributed by atoms with Crippen LogP contribution in [0.15, 0.2) is 60.7 Å². The molecule has 2 aliphatic rings. The second kappa shape index (κ2) is 13.2. The monoisotopic (exact) mass is 498 g/mol. The first-order chi connectivity index (χ1) is 17.6. The lowest BCUT2D eigenvalue weighted by Gasteiger charge is -2.30. The minimum Gasteiger partial charge on any atom is -0.444 e. The van der Waals surface area contributed by atoms with Crippen LogP contribution in [0.3, 0.4) is 0 Å². The molecule has 0 radical (unpaired) electrons. The molecule has 2 atom stereocenters. The van der Waals surface area contributed by atoms with Gasteiger partial charge in [-0.15, -0.1) is 0 Å². The van der Waals surface area contributed by atoms with Gasteiger partial charge in [-0.25, -0.2) is 9.59 Å². The highest BCUT2D eigenvalue weighted by Crippen LogP contribution is 2.16. The molecule has 0 bridgehead atoms. The van der Waals surface area contributed by atoms with E-state index in [-0.39, 0.29) is 38.4 Å². The van der Waals surface area contributed by atoms with Gasteiger partial charge < -0.3 is 33.9 Å². The number of rotatable bonds is 10. The minimum absolute atomic E-state index is 0.00753. The Morgan fingerprint density at radius 2 is 1.19 bits per heavy atom. The van der Waals surface area contributed by atoms with E-state index in [1.165, 1.54) is 9.80 Å². The van der Waals surface area contributed by atoms with Crippen molar-refractivity contribution in [2.45, 2.75) is 44.2 Å². The molecular weight excluding hydrogens is 464 g/mol. The second-order valence-electron chi connectivity index (χ2n) is 9.12. The number of nitrogens with zero attached hydrogens (tertiary/aromatic N) is 2. The Hall–Kier alpha value is -3.14. The fourth-order valence-corrected chi connectivity index (χ4v) is 4.23. The highest BCUT2D eigenvalue weighted by molar-refractivity contribution is 5.69. The standard InChI is InChI=1S/C27H34N2O7/c30-23(17-28(15-21-7-3-1-4-8-21)26(31)35-24-11-13-33-19-24)18-29(16-22-9-5-2-6-10-22)27(32)36-25-12-14-34-20-25/h1-10,23-25,30H,11-20H2/t24-,25-/m0/s1. The van der Waals surface area contributed by atoms with E-state index in [0.29, 0.717) is 39.3 Å². The summed E-state index contributed by atoms with van der Waals surface area (Å²) >= 11 is 0. The maximum absolute atomic E-state index is 13.0. The zero-order valence-electron chi connectivity index (χ0n) is 20.4. The van der Waals surface area contributed by atoms with Gasteiger partial charge in [-0.2, -0.15) is 0 Å². The third kappa shape index (κ3) is 7.94. The van der Waals surface area contributed by atoms with Gasteiger partial charge in [-0.05, 0) is 11.1 Å². The molecule has 2 aromatic rings. The molecule has 9 nitrogen and oxygen atoms in total. The fourth-order valence-electron chi connectivity index (χ4n) is 4.23. The van der Waals surface area contributed by atoms with E-state index in [4.69, 9.17) is 18.9 Å². The SMILES string of the molecule is O=C(O[C@H]1CCOC1)N(Cc1ccccc1)CC(O)CN(Cc1ccccc1)C(=O)O[C@H]1CCOC1. The molecule has 4 rings (SSSR count). The largest absolute Gasteiger partial charge is 0.444 e. The van der Waals surface area contributed by atoms with Crippen LogP contribution in [0.4, 0.5) is 9.59 Å². The Kier molecular flexibility index (Phi) is 9.54. The molecule has 36 heavy (non-hydrogen) atoms. The lowest BCUT2D eigenvalue weighted by atomic mass is 10.2. The lowest BCUT2D eigenvalue weighted by Crippen LogP contribution is -2.45. The van der Waals surface area contributed by atoms with Crippen molar-refractivity contribution in [1.82, 2.24) is 9.80 Å². The van der Waals surface area contributed by atoms with Gasteiger partial charge >= 0.3 is 12.2 Å². The number of benzene rings is 2. The summed E-state index contributed by atoms with van der Waals surface area (Å²) in [6.07, 6.45) is -1.36. The van der Waals surface area contributed by atoms with Gasteiger partial charge in [0.2, 0.25) is 0 Å². The minimum atomic E-state index is -1.02. The lowest BCUT2D eigenvalue weighted by molar-refractivity contribution is 0.0199.